The van der Waals surface area contributed by atoms with E-state index in [4.69, 9.17) is 4.74 Å². The zero-order valence-corrected chi connectivity index (χ0v) is 18.2. The standard InChI is InChI=1S/C24H25FN2O3S/c1-30-14-18-21-19(25)10-5-11-20(21)31-22(18)24(29)26-13-15-6-4-9-17(12-15)27-23(28)16-7-2-3-8-16/h4-6,9-12,16H,2-3,7-8,13-14H2,1H3,(H,26,29)(H,27,28). The van der Waals surface area contributed by atoms with Gasteiger partial charge in [0.25, 0.3) is 5.91 Å². The van der Waals surface area contributed by atoms with Crippen molar-refractivity contribution >= 4 is 38.9 Å². The quantitative estimate of drug-likeness (QED) is 0.528. The molecule has 0 aliphatic heterocycles. The summed E-state index contributed by atoms with van der Waals surface area (Å²) in [5.41, 5.74) is 2.17. The summed E-state index contributed by atoms with van der Waals surface area (Å²) in [6.45, 7) is 0.460. The van der Waals surface area contributed by atoms with Crippen molar-refractivity contribution in [1.82, 2.24) is 5.32 Å². The molecule has 31 heavy (non-hydrogen) atoms. The van der Waals surface area contributed by atoms with Gasteiger partial charge in [-0.25, -0.2) is 4.39 Å². The van der Waals surface area contributed by atoms with Gasteiger partial charge in [0.2, 0.25) is 5.91 Å². The number of carbonyl (C=O) groups excluding carboxylic acids is 2. The Morgan fingerprint density at radius 1 is 1.16 bits per heavy atom. The van der Waals surface area contributed by atoms with E-state index in [-0.39, 0.29) is 30.2 Å². The van der Waals surface area contributed by atoms with E-state index in [1.54, 1.807) is 12.1 Å². The Morgan fingerprint density at radius 3 is 2.71 bits per heavy atom. The molecule has 1 heterocycles. The Labute approximate surface area is 184 Å². The van der Waals surface area contributed by atoms with Crippen LogP contribution in [0.5, 0.6) is 0 Å². The maximum absolute atomic E-state index is 14.3. The molecule has 1 saturated carbocycles. The Morgan fingerprint density at radius 2 is 1.94 bits per heavy atom. The smallest absolute Gasteiger partial charge is 0.262 e. The molecule has 162 valence electrons. The monoisotopic (exact) mass is 440 g/mol. The third-order valence-electron chi connectivity index (χ3n) is 5.63. The van der Waals surface area contributed by atoms with E-state index in [0.717, 1.165) is 36.9 Å². The molecular weight excluding hydrogens is 415 g/mol. The summed E-state index contributed by atoms with van der Waals surface area (Å²) in [4.78, 5) is 25.7. The van der Waals surface area contributed by atoms with Gasteiger partial charge in [0, 0.05) is 40.9 Å². The molecule has 4 rings (SSSR count). The lowest BCUT2D eigenvalue weighted by molar-refractivity contribution is -0.119. The van der Waals surface area contributed by atoms with Crippen LogP contribution in [0, 0.1) is 11.7 Å². The molecule has 0 atom stereocenters. The Hall–Kier alpha value is -2.77. The molecule has 1 aromatic heterocycles. The van der Waals surface area contributed by atoms with Gasteiger partial charge in [0.05, 0.1) is 11.5 Å². The van der Waals surface area contributed by atoms with Gasteiger partial charge in [0.1, 0.15) is 5.82 Å². The van der Waals surface area contributed by atoms with Gasteiger partial charge in [-0.15, -0.1) is 11.3 Å². The summed E-state index contributed by atoms with van der Waals surface area (Å²) in [6, 6.07) is 12.3. The summed E-state index contributed by atoms with van der Waals surface area (Å²) in [5.74, 6) is -0.468. The summed E-state index contributed by atoms with van der Waals surface area (Å²) < 4.78 is 20.3. The summed E-state index contributed by atoms with van der Waals surface area (Å²) in [6.07, 6.45) is 4.11. The van der Waals surface area contributed by atoms with E-state index >= 15 is 0 Å². The topological polar surface area (TPSA) is 67.4 Å². The number of benzene rings is 2. The van der Waals surface area contributed by atoms with Crippen LogP contribution in [0.25, 0.3) is 10.1 Å². The van der Waals surface area contributed by atoms with Crippen molar-refractivity contribution in [2.45, 2.75) is 38.8 Å². The van der Waals surface area contributed by atoms with Crippen LogP contribution in [0.4, 0.5) is 10.1 Å². The number of nitrogens with one attached hydrogen (secondary N) is 2. The molecule has 1 fully saturated rings. The molecule has 2 aromatic carbocycles. The van der Waals surface area contributed by atoms with Crippen LogP contribution in [-0.4, -0.2) is 18.9 Å². The number of rotatable bonds is 7. The third-order valence-corrected chi connectivity index (χ3v) is 6.83. The molecule has 0 spiro atoms. The number of carbonyl (C=O) groups is 2. The molecule has 0 saturated heterocycles. The lowest BCUT2D eigenvalue weighted by Crippen LogP contribution is -2.23. The van der Waals surface area contributed by atoms with Crippen LogP contribution < -0.4 is 10.6 Å². The lowest BCUT2D eigenvalue weighted by atomic mass is 10.1. The predicted octanol–water partition coefficient (Wildman–Crippen LogP) is 5.25. The second kappa shape index (κ2) is 9.58. The third kappa shape index (κ3) is 4.78. The number of anilines is 1. The number of amides is 2. The van der Waals surface area contributed by atoms with Gasteiger partial charge < -0.3 is 15.4 Å². The van der Waals surface area contributed by atoms with E-state index in [2.05, 4.69) is 10.6 Å². The van der Waals surface area contributed by atoms with E-state index in [0.29, 0.717) is 27.1 Å². The van der Waals surface area contributed by atoms with Gasteiger partial charge in [-0.1, -0.05) is 31.0 Å². The predicted molar refractivity (Wildman–Crippen MR) is 121 cm³/mol. The highest BCUT2D eigenvalue weighted by Crippen LogP contribution is 2.34. The fraction of sp³-hybridized carbons (Fsp3) is 0.333. The molecule has 1 aliphatic rings. The number of hydrogen-bond acceptors (Lipinski definition) is 4. The fourth-order valence-corrected chi connectivity index (χ4v) is 5.23. The Bertz CT molecular complexity index is 1110. The normalized spacial score (nSPS) is 14.1. The first kappa shape index (κ1) is 21.5. The van der Waals surface area contributed by atoms with E-state index in [1.807, 2.05) is 24.3 Å². The van der Waals surface area contributed by atoms with Gasteiger partial charge in [0.15, 0.2) is 0 Å². The molecule has 3 aromatic rings. The Balaban J connectivity index is 1.46. The molecule has 2 N–H and O–H groups in total. The first-order chi connectivity index (χ1) is 15.1. The number of thiophene rings is 1. The molecule has 0 bridgehead atoms. The van der Waals surface area contributed by atoms with Crippen molar-refractivity contribution in [2.75, 3.05) is 12.4 Å². The summed E-state index contributed by atoms with van der Waals surface area (Å²) in [7, 11) is 1.53. The fourth-order valence-electron chi connectivity index (χ4n) is 4.09. The van der Waals surface area contributed by atoms with Crippen LogP contribution in [0.15, 0.2) is 42.5 Å². The van der Waals surface area contributed by atoms with Gasteiger partial charge >= 0.3 is 0 Å². The first-order valence-corrected chi connectivity index (χ1v) is 11.3. The van der Waals surface area contributed by atoms with E-state index < -0.39 is 0 Å². The highest BCUT2D eigenvalue weighted by molar-refractivity contribution is 7.21. The zero-order valence-electron chi connectivity index (χ0n) is 17.4. The van der Waals surface area contributed by atoms with Crippen molar-refractivity contribution in [3.8, 4) is 0 Å². The van der Waals surface area contributed by atoms with E-state index in [9.17, 15) is 14.0 Å². The number of hydrogen-bond donors (Lipinski definition) is 2. The minimum atomic E-state index is -0.356. The molecule has 5 nitrogen and oxygen atoms in total. The minimum absolute atomic E-state index is 0.0650. The Kier molecular flexibility index (Phi) is 6.63. The highest BCUT2D eigenvalue weighted by Gasteiger charge is 2.23. The first-order valence-electron chi connectivity index (χ1n) is 10.4. The van der Waals surface area contributed by atoms with Gasteiger partial charge in [-0.05, 0) is 42.7 Å². The van der Waals surface area contributed by atoms with E-state index in [1.165, 1.54) is 24.5 Å². The lowest BCUT2D eigenvalue weighted by Gasteiger charge is -2.12. The number of fused-ring (bicyclic) bond motifs is 1. The van der Waals surface area contributed by atoms with Crippen molar-refractivity contribution in [1.29, 1.82) is 0 Å². The van der Waals surface area contributed by atoms with Crippen LogP contribution in [0.1, 0.15) is 46.5 Å². The van der Waals surface area contributed by atoms with Crippen molar-refractivity contribution in [2.24, 2.45) is 5.92 Å². The van der Waals surface area contributed by atoms with Crippen molar-refractivity contribution in [3.63, 3.8) is 0 Å². The highest BCUT2D eigenvalue weighted by atomic mass is 32.1. The molecule has 1 aliphatic carbocycles. The zero-order chi connectivity index (χ0) is 21.8. The van der Waals surface area contributed by atoms with Crippen molar-refractivity contribution in [3.05, 3.63) is 64.3 Å². The average Bonchev–Trinajstić information content (AvgIpc) is 3.42. The molecule has 2 amide bonds. The number of methoxy groups -OCH3 is 1. The molecule has 0 unspecified atom stereocenters. The SMILES string of the molecule is COCc1c(C(=O)NCc2cccc(NC(=O)C3CCCC3)c2)sc2cccc(F)c12. The van der Waals surface area contributed by atoms with Gasteiger partial charge in [-0.2, -0.15) is 0 Å². The largest absolute Gasteiger partial charge is 0.380 e. The van der Waals surface area contributed by atoms with Gasteiger partial charge in [-0.3, -0.25) is 9.59 Å². The van der Waals surface area contributed by atoms with Crippen LogP contribution in [0.2, 0.25) is 0 Å². The molecule has 7 heteroatoms. The van der Waals surface area contributed by atoms with Crippen molar-refractivity contribution < 1.29 is 18.7 Å². The van der Waals surface area contributed by atoms with Crippen LogP contribution in [0.3, 0.4) is 0 Å². The van der Waals surface area contributed by atoms with Crippen LogP contribution in [-0.2, 0) is 22.7 Å². The summed E-state index contributed by atoms with van der Waals surface area (Å²) >= 11 is 1.26. The maximum Gasteiger partial charge on any atom is 0.262 e. The van der Waals surface area contributed by atoms with Crippen LogP contribution >= 0.6 is 11.3 Å². The molecular formula is C24H25FN2O3S. The number of ether oxygens (including phenoxy) is 1. The second-order valence-corrected chi connectivity index (χ2v) is 8.86. The molecule has 0 radical (unpaired) electrons. The maximum atomic E-state index is 14.3. The second-order valence-electron chi connectivity index (χ2n) is 7.81. The minimum Gasteiger partial charge on any atom is -0.380 e. The number of halogens is 1. The average molecular weight is 441 g/mol. The summed E-state index contributed by atoms with van der Waals surface area (Å²) in [5, 5.41) is 6.34.